The molecule has 1 aliphatic rings. The van der Waals surface area contributed by atoms with Crippen molar-refractivity contribution in [1.29, 1.82) is 0 Å². The van der Waals surface area contributed by atoms with Crippen molar-refractivity contribution in [2.45, 2.75) is 32.7 Å². The molecule has 1 saturated heterocycles. The van der Waals surface area contributed by atoms with Crippen LogP contribution in [0.1, 0.15) is 26.7 Å². The van der Waals surface area contributed by atoms with Gasteiger partial charge in [0.25, 0.3) is 0 Å². The van der Waals surface area contributed by atoms with Gasteiger partial charge in [0.05, 0.1) is 6.61 Å². The number of urea groups is 1. The molecule has 0 aliphatic carbocycles. The van der Waals surface area contributed by atoms with E-state index in [0.29, 0.717) is 12.5 Å². The van der Waals surface area contributed by atoms with Crippen molar-refractivity contribution in [3.05, 3.63) is 0 Å². The molecule has 0 spiro atoms. The Morgan fingerprint density at radius 2 is 2.40 bits per heavy atom. The summed E-state index contributed by atoms with van der Waals surface area (Å²) in [6, 6.07) is -0.140. The van der Waals surface area contributed by atoms with E-state index in [1.165, 1.54) is 12.8 Å². The quantitative estimate of drug-likeness (QED) is 0.603. The van der Waals surface area contributed by atoms with Crippen molar-refractivity contribution >= 4 is 6.03 Å². The van der Waals surface area contributed by atoms with Crippen molar-refractivity contribution in [3.63, 3.8) is 0 Å². The molecule has 88 valence electrons. The molecule has 1 atom stereocenters. The Hall–Kier alpha value is -0.810. The van der Waals surface area contributed by atoms with Crippen molar-refractivity contribution in [2.24, 2.45) is 5.92 Å². The van der Waals surface area contributed by atoms with Gasteiger partial charge in [0.1, 0.15) is 0 Å². The molecule has 1 aliphatic heterocycles. The van der Waals surface area contributed by atoms with Crippen LogP contribution in [0.15, 0.2) is 0 Å². The van der Waals surface area contributed by atoms with Gasteiger partial charge in [-0.1, -0.05) is 0 Å². The van der Waals surface area contributed by atoms with Gasteiger partial charge in [0.15, 0.2) is 0 Å². The standard InChI is InChI=1S/C10H21N3O2/c1-8(2)12-10(14)13-15-7-9-4-3-5-11-6-9/h8-9,11H,3-7H2,1-2H3,(H2,12,13,14). The van der Waals surface area contributed by atoms with Crippen LogP contribution < -0.4 is 16.1 Å². The molecular weight excluding hydrogens is 194 g/mol. The third kappa shape index (κ3) is 5.59. The molecule has 0 aromatic heterocycles. The molecular formula is C10H21N3O2. The highest BCUT2D eigenvalue weighted by atomic mass is 16.7. The number of nitrogens with one attached hydrogen (secondary N) is 3. The number of amides is 2. The van der Waals surface area contributed by atoms with Gasteiger partial charge in [-0.25, -0.2) is 10.3 Å². The van der Waals surface area contributed by atoms with Crippen molar-refractivity contribution in [1.82, 2.24) is 16.1 Å². The van der Waals surface area contributed by atoms with E-state index in [4.69, 9.17) is 4.84 Å². The van der Waals surface area contributed by atoms with Gasteiger partial charge in [-0.2, -0.15) is 0 Å². The zero-order valence-corrected chi connectivity index (χ0v) is 9.51. The summed E-state index contributed by atoms with van der Waals surface area (Å²) in [7, 11) is 0. The second-order valence-electron chi connectivity index (χ2n) is 4.25. The number of hydroxylamine groups is 1. The third-order valence-electron chi connectivity index (χ3n) is 2.30. The Bertz CT molecular complexity index is 191. The lowest BCUT2D eigenvalue weighted by Crippen LogP contribution is -2.41. The summed E-state index contributed by atoms with van der Waals surface area (Å²) >= 11 is 0. The minimum Gasteiger partial charge on any atom is -0.334 e. The van der Waals surface area contributed by atoms with Crippen LogP contribution in [-0.2, 0) is 4.84 Å². The molecule has 5 heteroatoms. The highest BCUT2D eigenvalue weighted by Crippen LogP contribution is 2.09. The summed E-state index contributed by atoms with van der Waals surface area (Å²) in [5.74, 6) is 0.512. The highest BCUT2D eigenvalue weighted by Gasteiger charge is 2.13. The van der Waals surface area contributed by atoms with Crippen LogP contribution in [0.5, 0.6) is 0 Å². The van der Waals surface area contributed by atoms with Crippen molar-refractivity contribution in [3.8, 4) is 0 Å². The maximum atomic E-state index is 11.1. The Morgan fingerprint density at radius 3 is 3.00 bits per heavy atom. The normalized spacial score (nSPS) is 21.4. The maximum absolute atomic E-state index is 11.1. The monoisotopic (exact) mass is 215 g/mol. The first-order chi connectivity index (χ1) is 7.18. The Labute approximate surface area is 90.9 Å². The smallest absolute Gasteiger partial charge is 0.334 e. The van der Waals surface area contributed by atoms with Crippen molar-refractivity contribution in [2.75, 3.05) is 19.7 Å². The molecule has 0 bridgehead atoms. The fourth-order valence-corrected chi connectivity index (χ4v) is 1.58. The van der Waals surface area contributed by atoms with Gasteiger partial charge in [-0.15, -0.1) is 0 Å². The van der Waals surface area contributed by atoms with Crippen LogP contribution in [0.4, 0.5) is 4.79 Å². The molecule has 0 aromatic carbocycles. The molecule has 0 saturated carbocycles. The Kier molecular flexibility index (Phi) is 5.42. The van der Waals surface area contributed by atoms with Crippen LogP contribution >= 0.6 is 0 Å². The number of piperidine rings is 1. The first-order valence-electron chi connectivity index (χ1n) is 5.57. The Balaban J connectivity index is 2.02. The van der Waals surface area contributed by atoms with Crippen LogP contribution in [-0.4, -0.2) is 31.8 Å². The number of carbonyl (C=O) groups excluding carboxylic acids is 1. The van der Waals surface area contributed by atoms with E-state index >= 15 is 0 Å². The van der Waals surface area contributed by atoms with E-state index in [1.54, 1.807) is 0 Å². The summed E-state index contributed by atoms with van der Waals surface area (Å²) in [6.07, 6.45) is 2.35. The molecule has 15 heavy (non-hydrogen) atoms. The van der Waals surface area contributed by atoms with E-state index in [-0.39, 0.29) is 12.1 Å². The molecule has 1 heterocycles. The second kappa shape index (κ2) is 6.63. The molecule has 0 aromatic rings. The summed E-state index contributed by atoms with van der Waals surface area (Å²) in [6.45, 7) is 6.47. The Morgan fingerprint density at radius 1 is 1.60 bits per heavy atom. The average Bonchev–Trinajstić information content (AvgIpc) is 2.18. The maximum Gasteiger partial charge on any atom is 0.338 e. The topological polar surface area (TPSA) is 62.4 Å². The SMILES string of the molecule is CC(C)NC(=O)NOCC1CCCNC1. The lowest BCUT2D eigenvalue weighted by atomic mass is 10.0. The first-order valence-corrected chi connectivity index (χ1v) is 5.57. The van der Waals surface area contributed by atoms with E-state index in [0.717, 1.165) is 13.1 Å². The number of hydrogen-bond acceptors (Lipinski definition) is 3. The highest BCUT2D eigenvalue weighted by molar-refractivity contribution is 5.72. The average molecular weight is 215 g/mol. The van der Waals surface area contributed by atoms with Crippen LogP contribution in [0.25, 0.3) is 0 Å². The number of hydrogen-bond donors (Lipinski definition) is 3. The summed E-state index contributed by atoms with van der Waals surface area (Å²) in [4.78, 5) is 16.3. The third-order valence-corrected chi connectivity index (χ3v) is 2.30. The molecule has 5 nitrogen and oxygen atoms in total. The zero-order valence-electron chi connectivity index (χ0n) is 9.51. The predicted molar refractivity (Wildman–Crippen MR) is 58.3 cm³/mol. The van der Waals surface area contributed by atoms with E-state index in [9.17, 15) is 4.79 Å². The van der Waals surface area contributed by atoms with Gasteiger partial charge < -0.3 is 10.6 Å². The summed E-state index contributed by atoms with van der Waals surface area (Å²) < 4.78 is 0. The zero-order chi connectivity index (χ0) is 11.1. The molecule has 3 N–H and O–H groups in total. The van der Waals surface area contributed by atoms with Gasteiger partial charge in [0, 0.05) is 12.6 Å². The van der Waals surface area contributed by atoms with Gasteiger partial charge in [-0.05, 0) is 39.2 Å². The summed E-state index contributed by atoms with van der Waals surface area (Å²) in [5, 5.41) is 5.99. The molecule has 0 radical (unpaired) electrons. The molecule has 1 rings (SSSR count). The van der Waals surface area contributed by atoms with Crippen LogP contribution in [0.2, 0.25) is 0 Å². The second-order valence-corrected chi connectivity index (χ2v) is 4.25. The van der Waals surface area contributed by atoms with Crippen molar-refractivity contribution < 1.29 is 9.63 Å². The first kappa shape index (κ1) is 12.3. The van der Waals surface area contributed by atoms with Gasteiger partial charge in [0.2, 0.25) is 0 Å². The fraction of sp³-hybridized carbons (Fsp3) is 0.900. The largest absolute Gasteiger partial charge is 0.338 e. The predicted octanol–water partition coefficient (Wildman–Crippen LogP) is 0.625. The van der Waals surface area contributed by atoms with E-state index in [2.05, 4.69) is 16.1 Å². The minimum absolute atomic E-state index is 0.130. The fourth-order valence-electron chi connectivity index (χ4n) is 1.58. The van der Waals surface area contributed by atoms with Gasteiger partial charge in [-0.3, -0.25) is 4.84 Å². The lowest BCUT2D eigenvalue weighted by molar-refractivity contribution is 0.0311. The number of carbonyl (C=O) groups is 1. The van der Waals surface area contributed by atoms with Crippen LogP contribution in [0.3, 0.4) is 0 Å². The van der Waals surface area contributed by atoms with Gasteiger partial charge >= 0.3 is 6.03 Å². The minimum atomic E-state index is -0.270. The van der Waals surface area contributed by atoms with E-state index < -0.39 is 0 Å². The number of rotatable bonds is 4. The molecule has 1 fully saturated rings. The lowest BCUT2D eigenvalue weighted by Gasteiger charge is -2.22. The van der Waals surface area contributed by atoms with E-state index in [1.807, 2.05) is 13.8 Å². The molecule has 1 unspecified atom stereocenters. The van der Waals surface area contributed by atoms with Crippen LogP contribution in [0, 0.1) is 5.92 Å². The summed E-state index contributed by atoms with van der Waals surface area (Å²) in [5.41, 5.74) is 2.38. The molecule has 2 amide bonds.